The second-order valence-electron chi connectivity index (χ2n) is 6.07. The van der Waals surface area contributed by atoms with Gasteiger partial charge in [0.2, 0.25) is 0 Å². The van der Waals surface area contributed by atoms with E-state index in [0.717, 1.165) is 11.5 Å². The third-order valence-corrected chi connectivity index (χ3v) is 4.32. The predicted octanol–water partition coefficient (Wildman–Crippen LogP) is 3.76. The predicted molar refractivity (Wildman–Crippen MR) is 91.4 cm³/mol. The molecule has 2 aromatic carbocycles. The molecule has 0 aliphatic carbocycles. The molecule has 0 bridgehead atoms. The highest BCUT2D eigenvalue weighted by atomic mass is 19.1. The van der Waals surface area contributed by atoms with Crippen molar-refractivity contribution in [3.8, 4) is 17.6 Å². The number of aromatic nitrogens is 1. The normalized spacial score (nSPS) is 16.0. The zero-order valence-corrected chi connectivity index (χ0v) is 13.9. The fraction of sp³-hybridized carbons (Fsp3) is 0.158. The molecule has 27 heavy (non-hydrogen) atoms. The summed E-state index contributed by atoms with van der Waals surface area (Å²) in [6.07, 6.45) is 0.901. The standard InChI is InChI=1S/C19H13F2N3O3/c20-15-2-1-11(5-10(15)8-22)26-18-14(6-12-9-24-19(25)27-12)13-3-4-23-17(13)7-16(18)21/h1-5,7,12,23H,6,9H2,(H,24,25). The van der Waals surface area contributed by atoms with Crippen molar-refractivity contribution in [2.24, 2.45) is 0 Å². The van der Waals surface area contributed by atoms with Crippen LogP contribution in [-0.4, -0.2) is 23.7 Å². The van der Waals surface area contributed by atoms with Crippen LogP contribution in [0.2, 0.25) is 0 Å². The first-order chi connectivity index (χ1) is 13.0. The fourth-order valence-electron chi connectivity index (χ4n) is 3.08. The lowest BCUT2D eigenvalue weighted by molar-refractivity contribution is 0.140. The maximum atomic E-state index is 14.7. The van der Waals surface area contributed by atoms with E-state index in [9.17, 15) is 13.6 Å². The summed E-state index contributed by atoms with van der Waals surface area (Å²) in [6.45, 7) is 0.301. The number of cyclic esters (lactones) is 1. The number of aromatic amines is 1. The van der Waals surface area contributed by atoms with Crippen LogP contribution in [0, 0.1) is 23.0 Å². The molecule has 0 saturated carbocycles. The van der Waals surface area contributed by atoms with E-state index in [2.05, 4.69) is 10.3 Å². The van der Waals surface area contributed by atoms with Gasteiger partial charge in [-0.25, -0.2) is 13.6 Å². The Bertz CT molecular complexity index is 1090. The van der Waals surface area contributed by atoms with Gasteiger partial charge in [0, 0.05) is 41.2 Å². The number of carbonyl (C=O) groups excluding carboxylic acids is 1. The van der Waals surface area contributed by atoms with Crippen LogP contribution in [0.15, 0.2) is 36.5 Å². The lowest BCUT2D eigenvalue weighted by atomic mass is 10.0. The number of carbonyl (C=O) groups is 1. The molecule has 0 spiro atoms. The molecule has 0 radical (unpaired) electrons. The van der Waals surface area contributed by atoms with Crippen molar-refractivity contribution in [3.63, 3.8) is 0 Å². The zero-order valence-electron chi connectivity index (χ0n) is 13.9. The molecule has 2 N–H and O–H groups in total. The Morgan fingerprint density at radius 1 is 1.26 bits per heavy atom. The molecule has 1 aliphatic heterocycles. The van der Waals surface area contributed by atoms with Gasteiger partial charge in [-0.05, 0) is 18.2 Å². The third kappa shape index (κ3) is 3.15. The molecule has 136 valence electrons. The van der Waals surface area contributed by atoms with Gasteiger partial charge in [-0.2, -0.15) is 5.26 Å². The number of alkyl carbamates (subject to hydrolysis) is 1. The van der Waals surface area contributed by atoms with Crippen molar-refractivity contribution in [2.45, 2.75) is 12.5 Å². The smallest absolute Gasteiger partial charge is 0.407 e. The summed E-state index contributed by atoms with van der Waals surface area (Å²) in [6, 6.07) is 8.39. The molecule has 1 aromatic heterocycles. The Morgan fingerprint density at radius 2 is 2.11 bits per heavy atom. The molecule has 8 heteroatoms. The second-order valence-corrected chi connectivity index (χ2v) is 6.07. The number of halogens is 2. The highest BCUT2D eigenvalue weighted by Crippen LogP contribution is 2.36. The van der Waals surface area contributed by atoms with Crippen molar-refractivity contribution in [1.29, 1.82) is 5.26 Å². The minimum atomic E-state index is -0.685. The Balaban J connectivity index is 1.77. The van der Waals surface area contributed by atoms with Gasteiger partial charge in [0.05, 0.1) is 12.1 Å². The van der Waals surface area contributed by atoms with E-state index in [1.165, 1.54) is 18.2 Å². The van der Waals surface area contributed by atoms with Crippen LogP contribution in [-0.2, 0) is 11.2 Å². The van der Waals surface area contributed by atoms with Crippen LogP contribution >= 0.6 is 0 Å². The Morgan fingerprint density at radius 3 is 2.85 bits per heavy atom. The fourth-order valence-corrected chi connectivity index (χ4v) is 3.08. The van der Waals surface area contributed by atoms with Gasteiger partial charge in [-0.1, -0.05) is 0 Å². The maximum Gasteiger partial charge on any atom is 0.407 e. The minimum Gasteiger partial charge on any atom is -0.454 e. The van der Waals surface area contributed by atoms with E-state index in [4.69, 9.17) is 14.7 Å². The number of amides is 1. The largest absolute Gasteiger partial charge is 0.454 e. The van der Waals surface area contributed by atoms with Crippen LogP contribution in [0.3, 0.4) is 0 Å². The number of nitriles is 1. The lowest BCUT2D eigenvalue weighted by Crippen LogP contribution is -2.17. The Kier molecular flexibility index (Phi) is 4.12. The first-order valence-corrected chi connectivity index (χ1v) is 8.15. The molecular weight excluding hydrogens is 356 g/mol. The highest BCUT2D eigenvalue weighted by molar-refractivity contribution is 5.86. The maximum absolute atomic E-state index is 14.7. The van der Waals surface area contributed by atoms with E-state index >= 15 is 0 Å². The molecule has 4 rings (SSSR count). The van der Waals surface area contributed by atoms with Gasteiger partial charge < -0.3 is 19.8 Å². The van der Waals surface area contributed by atoms with E-state index in [-0.39, 0.29) is 23.5 Å². The molecule has 1 atom stereocenters. The summed E-state index contributed by atoms with van der Waals surface area (Å²) in [7, 11) is 0. The van der Waals surface area contributed by atoms with E-state index in [0.29, 0.717) is 17.6 Å². The first kappa shape index (κ1) is 16.8. The molecule has 1 amide bonds. The summed E-state index contributed by atoms with van der Waals surface area (Å²) in [5.41, 5.74) is 0.880. The van der Waals surface area contributed by atoms with Crippen LogP contribution in [0.25, 0.3) is 10.9 Å². The average molecular weight is 369 g/mol. The van der Waals surface area contributed by atoms with Crippen molar-refractivity contribution in [3.05, 3.63) is 59.3 Å². The number of H-pyrrole nitrogens is 1. The van der Waals surface area contributed by atoms with E-state index < -0.39 is 23.8 Å². The molecule has 1 aliphatic rings. The Hall–Kier alpha value is -3.60. The zero-order chi connectivity index (χ0) is 19.0. The van der Waals surface area contributed by atoms with Crippen molar-refractivity contribution >= 4 is 17.0 Å². The quantitative estimate of drug-likeness (QED) is 0.733. The number of ether oxygens (including phenoxy) is 2. The number of fused-ring (bicyclic) bond motifs is 1. The van der Waals surface area contributed by atoms with Gasteiger partial charge in [0.25, 0.3) is 0 Å². The van der Waals surface area contributed by atoms with E-state index in [1.54, 1.807) is 18.3 Å². The SMILES string of the molecule is N#Cc1cc(Oc2c(F)cc3[nH]ccc3c2CC2CNC(=O)O2)ccc1F. The molecule has 6 nitrogen and oxygen atoms in total. The van der Waals surface area contributed by atoms with Crippen LogP contribution < -0.4 is 10.1 Å². The van der Waals surface area contributed by atoms with Crippen molar-refractivity contribution in [2.75, 3.05) is 6.54 Å². The molecule has 1 fully saturated rings. The summed E-state index contributed by atoms with van der Waals surface area (Å²) in [4.78, 5) is 14.2. The van der Waals surface area contributed by atoms with Gasteiger partial charge in [0.15, 0.2) is 11.6 Å². The summed E-state index contributed by atoms with van der Waals surface area (Å²) >= 11 is 0. The summed E-state index contributed by atoms with van der Waals surface area (Å²) < 4.78 is 39.1. The molecule has 1 saturated heterocycles. The lowest BCUT2D eigenvalue weighted by Gasteiger charge is -2.16. The number of rotatable bonds is 4. The van der Waals surface area contributed by atoms with E-state index in [1.807, 2.05) is 0 Å². The average Bonchev–Trinajstić information content (AvgIpc) is 3.27. The van der Waals surface area contributed by atoms with Crippen LogP contribution in [0.4, 0.5) is 13.6 Å². The highest BCUT2D eigenvalue weighted by Gasteiger charge is 2.27. The van der Waals surface area contributed by atoms with Crippen LogP contribution in [0.5, 0.6) is 11.5 Å². The first-order valence-electron chi connectivity index (χ1n) is 8.15. The number of nitrogens with zero attached hydrogens (tertiary/aromatic N) is 1. The number of hydrogen-bond donors (Lipinski definition) is 2. The molecule has 1 unspecified atom stereocenters. The topological polar surface area (TPSA) is 87.1 Å². The number of nitrogens with one attached hydrogen (secondary N) is 2. The molecule has 2 heterocycles. The molecule has 3 aromatic rings. The van der Waals surface area contributed by atoms with Gasteiger partial charge in [-0.15, -0.1) is 0 Å². The third-order valence-electron chi connectivity index (χ3n) is 4.32. The number of benzene rings is 2. The van der Waals surface area contributed by atoms with Crippen molar-refractivity contribution < 1.29 is 23.0 Å². The minimum absolute atomic E-state index is 0.0550. The Labute approximate surface area is 152 Å². The van der Waals surface area contributed by atoms with Gasteiger partial charge in [0.1, 0.15) is 23.7 Å². The van der Waals surface area contributed by atoms with Gasteiger partial charge in [-0.3, -0.25) is 0 Å². The van der Waals surface area contributed by atoms with Crippen molar-refractivity contribution in [1.82, 2.24) is 10.3 Å². The van der Waals surface area contributed by atoms with Crippen LogP contribution in [0.1, 0.15) is 11.1 Å². The summed E-state index contributed by atoms with van der Waals surface area (Å²) in [5.74, 6) is -1.24. The summed E-state index contributed by atoms with van der Waals surface area (Å²) in [5, 5.41) is 12.2. The monoisotopic (exact) mass is 369 g/mol. The second kappa shape index (κ2) is 6.61. The molecular formula is C19H13F2N3O3. The number of hydrogen-bond acceptors (Lipinski definition) is 4. The van der Waals surface area contributed by atoms with Gasteiger partial charge >= 0.3 is 6.09 Å².